The van der Waals surface area contributed by atoms with Gasteiger partial charge < -0.3 is 19.5 Å². The maximum absolute atomic E-state index is 15.0. The minimum atomic E-state index is -1.01. The van der Waals surface area contributed by atoms with Gasteiger partial charge in [-0.05, 0) is 49.6 Å². The summed E-state index contributed by atoms with van der Waals surface area (Å²) in [5.74, 6) is -1.71. The van der Waals surface area contributed by atoms with E-state index in [4.69, 9.17) is 9.47 Å². The van der Waals surface area contributed by atoms with E-state index in [1.165, 1.54) is 11.0 Å². The average molecular weight is 497 g/mol. The molecule has 2 saturated heterocycles. The van der Waals surface area contributed by atoms with Crippen molar-refractivity contribution in [2.75, 3.05) is 46.0 Å². The van der Waals surface area contributed by atoms with Crippen LogP contribution in [-0.2, 0) is 14.3 Å². The minimum absolute atomic E-state index is 0.0990. The van der Waals surface area contributed by atoms with Gasteiger partial charge in [-0.2, -0.15) is 0 Å². The molecule has 1 atom stereocenters. The lowest BCUT2D eigenvalue weighted by atomic mass is 9.94. The predicted octanol–water partition coefficient (Wildman–Crippen LogP) is 4.07. The van der Waals surface area contributed by atoms with E-state index in [1.807, 2.05) is 13.8 Å². The van der Waals surface area contributed by atoms with Crippen molar-refractivity contribution in [1.29, 1.82) is 0 Å². The van der Waals surface area contributed by atoms with E-state index in [1.54, 1.807) is 36.4 Å². The Balaban J connectivity index is 1.67. The minimum Gasteiger partial charge on any atom is -0.507 e. The van der Waals surface area contributed by atoms with Gasteiger partial charge in [-0.3, -0.25) is 14.5 Å². The van der Waals surface area contributed by atoms with Crippen LogP contribution in [0.4, 0.5) is 4.39 Å². The fourth-order valence-corrected chi connectivity index (χ4v) is 4.75. The number of hydrogen-bond donors (Lipinski definition) is 1. The molecule has 2 heterocycles. The second-order valence-electron chi connectivity index (χ2n) is 9.15. The Morgan fingerprint density at radius 3 is 2.58 bits per heavy atom. The van der Waals surface area contributed by atoms with Crippen LogP contribution in [0.3, 0.4) is 0 Å². The van der Waals surface area contributed by atoms with Crippen LogP contribution in [0.5, 0.6) is 5.75 Å². The molecule has 4 rings (SSSR count). The first-order valence-electron chi connectivity index (χ1n) is 12.5. The highest BCUT2D eigenvalue weighted by atomic mass is 19.1. The maximum Gasteiger partial charge on any atom is 0.295 e. The van der Waals surface area contributed by atoms with Crippen molar-refractivity contribution in [1.82, 2.24) is 9.80 Å². The smallest absolute Gasteiger partial charge is 0.295 e. The lowest BCUT2D eigenvalue weighted by molar-refractivity contribution is -0.140. The van der Waals surface area contributed by atoms with Gasteiger partial charge in [-0.1, -0.05) is 25.1 Å². The molecule has 1 N–H and O–H groups in total. The molecule has 1 unspecified atom stereocenters. The molecule has 1 amide bonds. The van der Waals surface area contributed by atoms with E-state index in [0.29, 0.717) is 37.6 Å². The average Bonchev–Trinajstić information content (AvgIpc) is 3.13. The molecule has 0 aliphatic carbocycles. The summed E-state index contributed by atoms with van der Waals surface area (Å²) >= 11 is 0. The van der Waals surface area contributed by atoms with Crippen LogP contribution in [-0.4, -0.2) is 72.6 Å². The Hall–Kier alpha value is -3.23. The number of benzene rings is 2. The number of amides is 1. The SMILES string of the molecule is CCCOc1ccc(/C(O)=C2\C(=O)C(=O)N(CCCN3CCOCC3)C2c2ccccc2F)cc1C. The highest BCUT2D eigenvalue weighted by molar-refractivity contribution is 6.46. The molecule has 0 aromatic heterocycles. The van der Waals surface area contributed by atoms with Crippen LogP contribution in [0.25, 0.3) is 5.76 Å². The van der Waals surface area contributed by atoms with Crippen LogP contribution in [0.1, 0.15) is 42.5 Å². The van der Waals surface area contributed by atoms with E-state index < -0.39 is 23.5 Å². The number of hydrogen-bond acceptors (Lipinski definition) is 6. The van der Waals surface area contributed by atoms with Crippen LogP contribution in [0, 0.1) is 12.7 Å². The normalized spacial score (nSPS) is 20.2. The van der Waals surface area contributed by atoms with Gasteiger partial charge >= 0.3 is 0 Å². The molecule has 2 aliphatic heterocycles. The summed E-state index contributed by atoms with van der Waals surface area (Å²) in [5, 5.41) is 11.3. The van der Waals surface area contributed by atoms with E-state index >= 15 is 0 Å². The third kappa shape index (κ3) is 5.44. The van der Waals surface area contributed by atoms with Crippen molar-refractivity contribution < 1.29 is 28.6 Å². The number of ether oxygens (including phenoxy) is 2. The van der Waals surface area contributed by atoms with Crippen LogP contribution < -0.4 is 4.74 Å². The maximum atomic E-state index is 15.0. The highest BCUT2D eigenvalue weighted by Gasteiger charge is 2.46. The van der Waals surface area contributed by atoms with Crippen molar-refractivity contribution in [2.45, 2.75) is 32.7 Å². The zero-order valence-electron chi connectivity index (χ0n) is 20.8. The number of nitrogens with zero attached hydrogens (tertiary/aromatic N) is 2. The van der Waals surface area contributed by atoms with Gasteiger partial charge in [-0.15, -0.1) is 0 Å². The third-order valence-electron chi connectivity index (χ3n) is 6.63. The molecule has 2 fully saturated rings. The van der Waals surface area contributed by atoms with Crippen molar-refractivity contribution in [3.05, 3.63) is 70.5 Å². The lowest BCUT2D eigenvalue weighted by Gasteiger charge is -2.29. The number of carbonyl (C=O) groups excluding carboxylic acids is 2. The molecule has 0 saturated carbocycles. The van der Waals surface area contributed by atoms with Crippen molar-refractivity contribution in [2.24, 2.45) is 0 Å². The van der Waals surface area contributed by atoms with E-state index in [-0.39, 0.29) is 23.4 Å². The number of morpholine rings is 1. The summed E-state index contributed by atoms with van der Waals surface area (Å²) in [7, 11) is 0. The molecule has 8 heteroatoms. The number of aliphatic hydroxyl groups is 1. The third-order valence-corrected chi connectivity index (χ3v) is 6.63. The Kier molecular flexibility index (Phi) is 8.38. The monoisotopic (exact) mass is 496 g/mol. The second-order valence-corrected chi connectivity index (χ2v) is 9.15. The molecular formula is C28H33FN2O5. The fourth-order valence-electron chi connectivity index (χ4n) is 4.75. The zero-order chi connectivity index (χ0) is 25.7. The van der Waals surface area contributed by atoms with E-state index in [0.717, 1.165) is 31.6 Å². The summed E-state index contributed by atoms with van der Waals surface area (Å²) in [6.45, 7) is 8.38. The lowest BCUT2D eigenvalue weighted by Crippen LogP contribution is -2.39. The number of aryl methyl sites for hydroxylation is 1. The number of ketones is 1. The number of carbonyl (C=O) groups is 2. The van der Waals surface area contributed by atoms with Crippen molar-refractivity contribution >= 4 is 17.4 Å². The largest absolute Gasteiger partial charge is 0.507 e. The Morgan fingerprint density at radius 2 is 1.89 bits per heavy atom. The molecule has 0 spiro atoms. The van der Waals surface area contributed by atoms with Gasteiger partial charge in [0.15, 0.2) is 0 Å². The molecule has 0 bridgehead atoms. The van der Waals surface area contributed by atoms with Gasteiger partial charge in [0.1, 0.15) is 17.3 Å². The molecule has 2 aromatic carbocycles. The van der Waals surface area contributed by atoms with Crippen LogP contribution >= 0.6 is 0 Å². The number of likely N-dealkylation sites (tertiary alicyclic amines) is 1. The summed E-state index contributed by atoms with van der Waals surface area (Å²) in [6, 6.07) is 10.2. The van der Waals surface area contributed by atoms with Crippen molar-refractivity contribution in [3.8, 4) is 5.75 Å². The molecule has 7 nitrogen and oxygen atoms in total. The number of halogens is 1. The summed E-state index contributed by atoms with van der Waals surface area (Å²) < 4.78 is 26.1. The summed E-state index contributed by atoms with van der Waals surface area (Å²) in [6.07, 6.45) is 1.47. The van der Waals surface area contributed by atoms with Gasteiger partial charge in [0, 0.05) is 37.3 Å². The molecular weight excluding hydrogens is 463 g/mol. The topological polar surface area (TPSA) is 79.3 Å². The Labute approximate surface area is 211 Å². The molecule has 2 aliphatic rings. The first kappa shape index (κ1) is 25.9. The fraction of sp³-hybridized carbons (Fsp3) is 0.429. The van der Waals surface area contributed by atoms with Gasteiger partial charge in [0.05, 0.1) is 31.4 Å². The quantitative estimate of drug-likeness (QED) is 0.320. The molecule has 36 heavy (non-hydrogen) atoms. The van der Waals surface area contributed by atoms with Crippen LogP contribution in [0.15, 0.2) is 48.0 Å². The standard InChI is InChI=1S/C28H33FN2O5/c1-3-15-36-23-10-9-20(18-19(23)2)26(32)24-25(21-7-4-5-8-22(21)29)31(28(34)27(24)33)12-6-11-30-13-16-35-17-14-30/h4-5,7-10,18,25,32H,3,6,11-17H2,1-2H3/b26-24+. The van der Waals surface area contributed by atoms with Gasteiger partial charge in [-0.25, -0.2) is 4.39 Å². The molecule has 0 radical (unpaired) electrons. The Bertz CT molecular complexity index is 1140. The van der Waals surface area contributed by atoms with Gasteiger partial charge in [0.2, 0.25) is 0 Å². The molecule has 192 valence electrons. The highest BCUT2D eigenvalue weighted by Crippen LogP contribution is 2.40. The van der Waals surface area contributed by atoms with Crippen LogP contribution in [0.2, 0.25) is 0 Å². The molecule has 2 aromatic rings. The second kappa shape index (κ2) is 11.7. The first-order valence-corrected chi connectivity index (χ1v) is 12.5. The summed E-state index contributed by atoms with van der Waals surface area (Å²) in [4.78, 5) is 29.9. The van der Waals surface area contributed by atoms with Crippen molar-refractivity contribution in [3.63, 3.8) is 0 Å². The number of rotatable bonds is 9. The Morgan fingerprint density at radius 1 is 1.14 bits per heavy atom. The van der Waals surface area contributed by atoms with E-state index in [2.05, 4.69) is 4.90 Å². The van der Waals surface area contributed by atoms with Gasteiger partial charge in [0.25, 0.3) is 11.7 Å². The predicted molar refractivity (Wildman–Crippen MR) is 134 cm³/mol. The number of Topliss-reactive ketones (excluding diaryl/α,β-unsaturated/α-hetero) is 1. The number of aliphatic hydroxyl groups excluding tert-OH is 1. The zero-order valence-corrected chi connectivity index (χ0v) is 20.8. The summed E-state index contributed by atoms with van der Waals surface area (Å²) in [5.41, 5.74) is 1.25. The van der Waals surface area contributed by atoms with E-state index in [9.17, 15) is 19.1 Å². The first-order chi connectivity index (χ1) is 17.4.